The number of carbonyl (C=O) groups is 1. The summed E-state index contributed by atoms with van der Waals surface area (Å²) in [4.78, 5) is 20.4. The molecule has 1 fully saturated rings. The van der Waals surface area contributed by atoms with Crippen LogP contribution in [0.5, 0.6) is 0 Å². The van der Waals surface area contributed by atoms with Crippen molar-refractivity contribution >= 4 is 17.5 Å². The molecule has 1 aromatic heterocycles. The Morgan fingerprint density at radius 2 is 1.86 bits per heavy atom. The number of nitrogens with one attached hydrogen (secondary N) is 3. The highest BCUT2D eigenvalue weighted by Crippen LogP contribution is 2.20. The van der Waals surface area contributed by atoms with E-state index in [1.807, 2.05) is 20.8 Å². The molecule has 0 saturated heterocycles. The monoisotopic (exact) mass is 291 g/mol. The van der Waals surface area contributed by atoms with Crippen LogP contribution >= 0.6 is 0 Å². The molecule has 0 aliphatic heterocycles. The number of rotatable bonds is 8. The van der Waals surface area contributed by atoms with E-state index in [1.165, 1.54) is 0 Å². The number of hydrogen-bond acceptors (Lipinski definition) is 5. The maximum Gasteiger partial charge on any atom is 0.220 e. The van der Waals surface area contributed by atoms with Crippen LogP contribution in [0, 0.1) is 13.8 Å². The van der Waals surface area contributed by atoms with Crippen molar-refractivity contribution in [3.63, 3.8) is 0 Å². The number of aromatic nitrogens is 2. The zero-order valence-electron chi connectivity index (χ0n) is 13.1. The maximum absolute atomic E-state index is 11.6. The van der Waals surface area contributed by atoms with Gasteiger partial charge in [-0.3, -0.25) is 4.79 Å². The second-order valence-electron chi connectivity index (χ2n) is 5.50. The summed E-state index contributed by atoms with van der Waals surface area (Å²) >= 11 is 0. The van der Waals surface area contributed by atoms with Gasteiger partial charge in [0.05, 0.1) is 0 Å². The third-order valence-electron chi connectivity index (χ3n) is 3.42. The summed E-state index contributed by atoms with van der Waals surface area (Å²) in [5.41, 5.74) is 1.02. The zero-order valence-corrected chi connectivity index (χ0v) is 13.1. The van der Waals surface area contributed by atoms with Crippen LogP contribution in [-0.4, -0.2) is 35.0 Å². The summed E-state index contributed by atoms with van der Waals surface area (Å²) in [6.45, 7) is 7.50. The van der Waals surface area contributed by atoms with Crippen LogP contribution in [0.4, 0.5) is 11.6 Å². The Kier molecular flexibility index (Phi) is 5.36. The standard InChI is InChI=1S/C15H25N5O/c1-4-16-14-10(2)15(19-11(3)18-14)17-9-5-6-13(21)20-12-7-8-12/h12H,4-9H2,1-3H3,(H,20,21)(H2,16,17,18,19). The molecule has 0 atom stereocenters. The largest absolute Gasteiger partial charge is 0.370 e. The summed E-state index contributed by atoms with van der Waals surface area (Å²) in [6, 6.07) is 0.444. The molecule has 1 saturated carbocycles. The molecule has 1 aromatic rings. The van der Waals surface area contributed by atoms with Crippen LogP contribution in [0.3, 0.4) is 0 Å². The van der Waals surface area contributed by atoms with Crippen molar-refractivity contribution in [2.24, 2.45) is 0 Å². The van der Waals surface area contributed by atoms with Crippen molar-refractivity contribution in [3.05, 3.63) is 11.4 Å². The second-order valence-corrected chi connectivity index (χ2v) is 5.50. The molecule has 6 heteroatoms. The van der Waals surface area contributed by atoms with Crippen molar-refractivity contribution < 1.29 is 4.79 Å². The topological polar surface area (TPSA) is 78.9 Å². The third kappa shape index (κ3) is 4.88. The molecule has 0 spiro atoms. The van der Waals surface area contributed by atoms with Gasteiger partial charge >= 0.3 is 0 Å². The molecule has 0 unspecified atom stereocenters. The van der Waals surface area contributed by atoms with Crippen molar-refractivity contribution in [1.82, 2.24) is 15.3 Å². The summed E-state index contributed by atoms with van der Waals surface area (Å²) in [6.07, 6.45) is 3.64. The quantitative estimate of drug-likeness (QED) is 0.638. The van der Waals surface area contributed by atoms with Crippen LogP contribution in [0.25, 0.3) is 0 Å². The SMILES string of the molecule is CCNc1nc(C)nc(NCCCC(=O)NC2CC2)c1C. The Balaban J connectivity index is 1.80. The zero-order chi connectivity index (χ0) is 15.2. The Morgan fingerprint density at radius 1 is 1.19 bits per heavy atom. The van der Waals surface area contributed by atoms with E-state index in [0.717, 1.165) is 55.4 Å². The molecule has 1 amide bonds. The Bertz CT molecular complexity index is 499. The van der Waals surface area contributed by atoms with E-state index < -0.39 is 0 Å². The van der Waals surface area contributed by atoms with E-state index in [0.29, 0.717) is 12.5 Å². The molecule has 6 nitrogen and oxygen atoms in total. The molecule has 2 rings (SSSR count). The fourth-order valence-electron chi connectivity index (χ4n) is 2.12. The van der Waals surface area contributed by atoms with Crippen molar-refractivity contribution in [3.8, 4) is 0 Å². The molecule has 1 aliphatic rings. The van der Waals surface area contributed by atoms with Crippen LogP contribution in [0.1, 0.15) is 44.0 Å². The number of carbonyl (C=O) groups excluding carboxylic acids is 1. The molecule has 3 N–H and O–H groups in total. The first-order valence-corrected chi connectivity index (χ1v) is 7.72. The van der Waals surface area contributed by atoms with Gasteiger partial charge in [-0.25, -0.2) is 9.97 Å². The molecule has 0 aromatic carbocycles. The highest BCUT2D eigenvalue weighted by atomic mass is 16.1. The van der Waals surface area contributed by atoms with E-state index in [1.54, 1.807) is 0 Å². The number of nitrogens with zero attached hydrogens (tertiary/aromatic N) is 2. The van der Waals surface area contributed by atoms with Crippen LogP contribution in [0.2, 0.25) is 0 Å². The first kappa shape index (κ1) is 15.5. The lowest BCUT2D eigenvalue weighted by Crippen LogP contribution is -2.25. The van der Waals surface area contributed by atoms with Gasteiger partial charge < -0.3 is 16.0 Å². The lowest BCUT2D eigenvalue weighted by molar-refractivity contribution is -0.121. The predicted molar refractivity (Wildman–Crippen MR) is 84.6 cm³/mol. The minimum Gasteiger partial charge on any atom is -0.370 e. The van der Waals surface area contributed by atoms with Gasteiger partial charge in [0.25, 0.3) is 0 Å². The minimum atomic E-state index is 0.156. The van der Waals surface area contributed by atoms with Crippen LogP contribution in [-0.2, 0) is 4.79 Å². The highest BCUT2D eigenvalue weighted by molar-refractivity contribution is 5.76. The number of anilines is 2. The lowest BCUT2D eigenvalue weighted by atomic mass is 10.2. The van der Waals surface area contributed by atoms with E-state index in [-0.39, 0.29) is 5.91 Å². The van der Waals surface area contributed by atoms with Gasteiger partial charge in [0.15, 0.2) is 0 Å². The van der Waals surface area contributed by atoms with Gasteiger partial charge in [0.2, 0.25) is 5.91 Å². The Labute approximate surface area is 126 Å². The average molecular weight is 291 g/mol. The number of hydrogen-bond donors (Lipinski definition) is 3. The van der Waals surface area contributed by atoms with E-state index in [9.17, 15) is 4.79 Å². The maximum atomic E-state index is 11.6. The Morgan fingerprint density at radius 3 is 2.48 bits per heavy atom. The molecule has 0 bridgehead atoms. The smallest absolute Gasteiger partial charge is 0.220 e. The van der Waals surface area contributed by atoms with E-state index >= 15 is 0 Å². The normalized spacial score (nSPS) is 13.9. The van der Waals surface area contributed by atoms with Crippen LogP contribution < -0.4 is 16.0 Å². The Hall–Kier alpha value is -1.85. The van der Waals surface area contributed by atoms with Crippen molar-refractivity contribution in [2.75, 3.05) is 23.7 Å². The molecule has 1 heterocycles. The van der Waals surface area contributed by atoms with E-state index in [4.69, 9.17) is 0 Å². The first-order valence-electron chi connectivity index (χ1n) is 7.72. The van der Waals surface area contributed by atoms with Gasteiger partial charge in [0, 0.05) is 31.1 Å². The van der Waals surface area contributed by atoms with Gasteiger partial charge in [-0.1, -0.05) is 0 Å². The number of amides is 1. The summed E-state index contributed by atoms with van der Waals surface area (Å²) in [5.74, 6) is 2.62. The van der Waals surface area contributed by atoms with E-state index in [2.05, 4.69) is 25.9 Å². The van der Waals surface area contributed by atoms with Crippen LogP contribution in [0.15, 0.2) is 0 Å². The molecule has 116 valence electrons. The molecule has 1 aliphatic carbocycles. The van der Waals surface area contributed by atoms with Crippen molar-refractivity contribution in [1.29, 1.82) is 0 Å². The van der Waals surface area contributed by atoms with Crippen molar-refractivity contribution in [2.45, 2.75) is 52.5 Å². The molecule has 0 radical (unpaired) electrons. The minimum absolute atomic E-state index is 0.156. The molecular weight excluding hydrogens is 266 g/mol. The van der Waals surface area contributed by atoms with Gasteiger partial charge in [-0.15, -0.1) is 0 Å². The molecular formula is C15H25N5O. The van der Waals surface area contributed by atoms with Gasteiger partial charge in [0.1, 0.15) is 17.5 Å². The predicted octanol–water partition coefficient (Wildman–Crippen LogP) is 2.00. The molecule has 21 heavy (non-hydrogen) atoms. The van der Waals surface area contributed by atoms with Gasteiger partial charge in [-0.05, 0) is 40.0 Å². The first-order chi connectivity index (χ1) is 10.1. The summed E-state index contributed by atoms with van der Waals surface area (Å²) in [5, 5.41) is 9.54. The van der Waals surface area contributed by atoms with Gasteiger partial charge in [-0.2, -0.15) is 0 Å². The fourth-order valence-corrected chi connectivity index (χ4v) is 2.12. The second kappa shape index (κ2) is 7.24. The number of aryl methyl sites for hydroxylation is 1. The lowest BCUT2D eigenvalue weighted by Gasteiger charge is -2.13. The average Bonchev–Trinajstić information content (AvgIpc) is 3.23. The summed E-state index contributed by atoms with van der Waals surface area (Å²) in [7, 11) is 0. The fraction of sp³-hybridized carbons (Fsp3) is 0.667. The summed E-state index contributed by atoms with van der Waals surface area (Å²) < 4.78 is 0. The highest BCUT2D eigenvalue weighted by Gasteiger charge is 2.22. The third-order valence-corrected chi connectivity index (χ3v) is 3.42.